The lowest BCUT2D eigenvalue weighted by Crippen LogP contribution is -2.58. The number of aromatic hydroxyl groups is 1. The molecule has 16 heteroatoms. The summed E-state index contributed by atoms with van der Waals surface area (Å²) in [4.78, 5) is 64.2. The van der Waals surface area contributed by atoms with E-state index in [1.807, 2.05) is 58.9 Å². The van der Waals surface area contributed by atoms with Crippen molar-refractivity contribution in [2.24, 2.45) is 21.9 Å². The average molecular weight is 774 g/mol. The van der Waals surface area contributed by atoms with Crippen molar-refractivity contribution in [1.82, 2.24) is 25.8 Å². The highest BCUT2D eigenvalue weighted by Gasteiger charge is 2.46. The van der Waals surface area contributed by atoms with Crippen molar-refractivity contribution in [2.45, 2.75) is 72.2 Å². The van der Waals surface area contributed by atoms with Crippen molar-refractivity contribution in [1.29, 1.82) is 5.41 Å². The van der Waals surface area contributed by atoms with Gasteiger partial charge in [0.2, 0.25) is 17.7 Å². The van der Waals surface area contributed by atoms with E-state index in [2.05, 4.69) is 25.9 Å². The number of likely N-dealkylation sites (tertiary alicyclic amines) is 1. The highest BCUT2D eigenvalue weighted by Crippen LogP contribution is 2.30. The summed E-state index contributed by atoms with van der Waals surface area (Å²) in [5, 5.41) is 26.8. The van der Waals surface area contributed by atoms with Gasteiger partial charge in [-0.1, -0.05) is 57.2 Å². The number of phenols is 1. The van der Waals surface area contributed by atoms with Crippen molar-refractivity contribution < 1.29 is 29.0 Å². The van der Waals surface area contributed by atoms with Crippen LogP contribution in [0.15, 0.2) is 65.1 Å². The lowest BCUT2D eigenvalue weighted by atomic mass is 9.85. The van der Waals surface area contributed by atoms with Crippen molar-refractivity contribution in [3.8, 4) is 16.2 Å². The molecule has 1 saturated heterocycles. The second-order valence-electron chi connectivity index (χ2n) is 14.4. The smallest absolute Gasteiger partial charge is 0.302 e. The molecule has 0 bridgehead atoms. The fourth-order valence-electron chi connectivity index (χ4n) is 6.14. The lowest BCUT2D eigenvalue weighted by Gasteiger charge is -2.35. The van der Waals surface area contributed by atoms with Crippen LogP contribution in [0, 0.1) is 17.7 Å². The number of carbonyl (C=O) groups is 4. The van der Waals surface area contributed by atoms with Gasteiger partial charge in [0.05, 0.1) is 41.8 Å². The van der Waals surface area contributed by atoms with Gasteiger partial charge in [-0.3, -0.25) is 29.6 Å². The molecule has 3 aromatic rings. The Kier molecular flexibility index (Phi) is 14.3. The normalized spacial score (nSPS) is 17.3. The summed E-state index contributed by atoms with van der Waals surface area (Å²) in [5.41, 5.74) is 16.3. The minimum Gasteiger partial charge on any atom is -0.507 e. The molecule has 0 saturated carbocycles. The van der Waals surface area contributed by atoms with Crippen LogP contribution in [0.2, 0.25) is 0 Å². The molecule has 4 rings (SSSR count). The number of amides is 3. The first-order chi connectivity index (χ1) is 26.0. The summed E-state index contributed by atoms with van der Waals surface area (Å²) in [6.07, 6.45) is 0.803. The van der Waals surface area contributed by atoms with Gasteiger partial charge in [-0.15, -0.1) is 11.3 Å². The number of aromatic nitrogens is 1. The van der Waals surface area contributed by atoms with E-state index < -0.39 is 47.3 Å². The number of nitrogens with one attached hydrogen (secondary N) is 4. The quantitative estimate of drug-likeness (QED) is 0.0516. The second kappa shape index (κ2) is 18.6. The zero-order valence-corrected chi connectivity index (χ0v) is 32.8. The van der Waals surface area contributed by atoms with Crippen LogP contribution in [0.4, 0.5) is 0 Å². The van der Waals surface area contributed by atoms with Crippen molar-refractivity contribution in [2.75, 3.05) is 26.2 Å². The molecule has 1 aromatic heterocycles. The number of aliphatic imine (C=N–C) groups is 1. The van der Waals surface area contributed by atoms with Crippen LogP contribution in [0.3, 0.4) is 0 Å². The highest BCUT2D eigenvalue weighted by molar-refractivity contribution is 7.13. The first kappa shape index (κ1) is 42.1. The Morgan fingerprint density at radius 2 is 1.82 bits per heavy atom. The largest absolute Gasteiger partial charge is 0.507 e. The molecule has 0 aliphatic carbocycles. The third-order valence-electron chi connectivity index (χ3n) is 9.02. The van der Waals surface area contributed by atoms with Crippen LogP contribution in [0.1, 0.15) is 63.9 Å². The van der Waals surface area contributed by atoms with E-state index >= 15 is 0 Å². The molecule has 2 aromatic carbocycles. The maximum Gasteiger partial charge on any atom is 0.302 e. The van der Waals surface area contributed by atoms with Crippen molar-refractivity contribution in [3.05, 3.63) is 76.9 Å². The van der Waals surface area contributed by atoms with Gasteiger partial charge in [0, 0.05) is 31.1 Å². The van der Waals surface area contributed by atoms with E-state index in [1.54, 1.807) is 35.0 Å². The van der Waals surface area contributed by atoms with E-state index in [4.69, 9.17) is 21.6 Å². The van der Waals surface area contributed by atoms with Crippen LogP contribution in [-0.2, 0) is 23.9 Å². The Labute approximate surface area is 325 Å². The lowest BCUT2D eigenvalue weighted by molar-refractivity contribution is -0.147. The van der Waals surface area contributed by atoms with Gasteiger partial charge in [-0.2, -0.15) is 0 Å². The molecule has 4 atom stereocenters. The van der Waals surface area contributed by atoms with Gasteiger partial charge < -0.3 is 42.2 Å². The number of benzene rings is 2. The second-order valence-corrected chi connectivity index (χ2v) is 15.3. The number of hydrogen-bond acceptors (Lipinski definition) is 12. The Morgan fingerprint density at radius 3 is 2.42 bits per heavy atom. The SMILES string of the molecule is CC(=O)O[C@@H]1C[C@@H](C(=O)N[C@@H](C)c2ccc(-c3scnc3C)cc2)N(C(=O)[C@@H](NC(=O)CNCCN=C(C=C(N)c2ccccc2O)C(=N)N)C(C)(C)C)C1. The summed E-state index contributed by atoms with van der Waals surface area (Å²) in [5.74, 6) is -2.21. The predicted molar refractivity (Wildman–Crippen MR) is 213 cm³/mol. The van der Waals surface area contributed by atoms with Crippen LogP contribution in [-0.4, -0.2) is 94.6 Å². The molecular weight excluding hydrogens is 723 g/mol. The minimum absolute atomic E-state index is 0.00614. The molecule has 1 fully saturated rings. The third kappa shape index (κ3) is 11.4. The van der Waals surface area contributed by atoms with Gasteiger partial charge >= 0.3 is 5.97 Å². The van der Waals surface area contributed by atoms with Crippen LogP contribution >= 0.6 is 11.3 Å². The molecule has 3 amide bonds. The van der Waals surface area contributed by atoms with E-state index in [9.17, 15) is 24.3 Å². The van der Waals surface area contributed by atoms with Gasteiger partial charge in [0.15, 0.2) is 0 Å². The molecular formula is C39H51N9O6S. The fourth-order valence-corrected chi connectivity index (χ4v) is 6.95. The Morgan fingerprint density at radius 1 is 1.13 bits per heavy atom. The number of ether oxygens (including phenoxy) is 1. The first-order valence-corrected chi connectivity index (χ1v) is 18.8. The number of thiazole rings is 1. The summed E-state index contributed by atoms with van der Waals surface area (Å²) < 4.78 is 5.46. The summed E-state index contributed by atoms with van der Waals surface area (Å²) in [7, 11) is 0. The van der Waals surface area contributed by atoms with Crippen LogP contribution in [0.25, 0.3) is 16.1 Å². The number of para-hydroxylation sites is 1. The topological polar surface area (TPSA) is 238 Å². The van der Waals surface area contributed by atoms with Gasteiger partial charge in [-0.05, 0) is 48.6 Å². The maximum absolute atomic E-state index is 14.2. The molecule has 0 spiro atoms. The number of aryl methyl sites for hydroxylation is 1. The predicted octanol–water partition coefficient (Wildman–Crippen LogP) is 3.03. The summed E-state index contributed by atoms with van der Waals surface area (Å²) in [6, 6.07) is 12.0. The van der Waals surface area contributed by atoms with E-state index in [-0.39, 0.29) is 61.6 Å². The molecule has 1 aliphatic rings. The molecule has 1 aliphatic heterocycles. The van der Waals surface area contributed by atoms with E-state index in [0.29, 0.717) is 5.56 Å². The molecule has 0 radical (unpaired) electrons. The van der Waals surface area contributed by atoms with Crippen LogP contribution in [0.5, 0.6) is 5.75 Å². The van der Waals surface area contributed by atoms with Gasteiger partial charge in [-0.25, -0.2) is 4.98 Å². The number of nitrogens with two attached hydrogens (primary N) is 2. The molecule has 2 heterocycles. The highest BCUT2D eigenvalue weighted by atomic mass is 32.1. The number of esters is 1. The monoisotopic (exact) mass is 773 g/mol. The fraction of sp³-hybridized carbons (Fsp3) is 0.410. The Balaban J connectivity index is 1.39. The number of rotatable bonds is 15. The number of carbonyl (C=O) groups excluding carboxylic acids is 4. The number of phenolic OH excluding ortho intramolecular Hbond substituents is 1. The van der Waals surface area contributed by atoms with Crippen molar-refractivity contribution in [3.63, 3.8) is 0 Å². The molecule has 9 N–H and O–H groups in total. The number of hydrogen-bond donors (Lipinski definition) is 7. The molecule has 15 nitrogen and oxygen atoms in total. The summed E-state index contributed by atoms with van der Waals surface area (Å²) >= 11 is 1.56. The zero-order chi connectivity index (χ0) is 40.4. The number of nitrogens with zero attached hydrogens (tertiary/aromatic N) is 3. The molecule has 55 heavy (non-hydrogen) atoms. The average Bonchev–Trinajstić information content (AvgIpc) is 3.75. The maximum atomic E-state index is 14.2. The summed E-state index contributed by atoms with van der Waals surface area (Å²) in [6.45, 7) is 10.7. The Hall–Kier alpha value is -5.61. The van der Waals surface area contributed by atoms with E-state index in [0.717, 1.165) is 21.7 Å². The standard InChI is InChI=1S/C39H51N9O6S/c1-22(25-11-13-26(14-12-25)34-23(2)45-21-55-34)46-37(52)31-17-27(54-24(3)49)20-48(31)38(53)35(39(4,5)6)47-33(51)19-43-15-16-44-30(36(41)42)18-29(40)28-9-7-8-10-32(28)50/h7-14,18,21-22,27,31,35,43,50H,15-17,19-20,40H2,1-6H3,(H3,41,42)(H,46,52)(H,47,51)/t22-,27+,31-,35+/m0/s1. The van der Waals surface area contributed by atoms with E-state index in [1.165, 1.54) is 24.0 Å². The van der Waals surface area contributed by atoms with Crippen LogP contribution < -0.4 is 27.4 Å². The number of amidine groups is 1. The van der Waals surface area contributed by atoms with Gasteiger partial charge in [0.1, 0.15) is 35.5 Å². The minimum atomic E-state index is -1.02. The Bertz CT molecular complexity index is 1940. The van der Waals surface area contributed by atoms with Gasteiger partial charge in [0.25, 0.3) is 0 Å². The third-order valence-corrected chi connectivity index (χ3v) is 9.99. The molecule has 294 valence electrons. The van der Waals surface area contributed by atoms with Crippen molar-refractivity contribution >= 4 is 52.3 Å². The molecule has 0 unspecified atom stereocenters. The first-order valence-electron chi connectivity index (χ1n) is 17.9. The zero-order valence-electron chi connectivity index (χ0n) is 32.0.